The maximum Gasteiger partial charge on any atom is 0.183 e. The number of hydrogen-bond donors (Lipinski definition) is 0. The predicted octanol–water partition coefficient (Wildman–Crippen LogP) is 2.71. The number of hydrogen-bond acceptors (Lipinski definition) is 2. The second-order valence-electron chi connectivity index (χ2n) is 2.99. The molecular formula is C12H16O2. The highest BCUT2D eigenvalue weighted by molar-refractivity contribution is 5.29. The Balaban J connectivity index is 2.98. The molecule has 0 aliphatic rings. The van der Waals surface area contributed by atoms with Crippen LogP contribution in [0.1, 0.15) is 17.4 Å². The van der Waals surface area contributed by atoms with Crippen molar-refractivity contribution in [2.45, 2.75) is 12.7 Å². The normalized spacial score (nSPS) is 10.5. The Bertz CT molecular complexity index is 290. The van der Waals surface area contributed by atoms with E-state index in [-0.39, 0.29) is 6.29 Å². The maximum atomic E-state index is 5.22. The van der Waals surface area contributed by atoms with Gasteiger partial charge in [-0.3, -0.25) is 0 Å². The summed E-state index contributed by atoms with van der Waals surface area (Å²) in [6.45, 7) is 3.73. The quantitative estimate of drug-likeness (QED) is 0.527. The van der Waals surface area contributed by atoms with Gasteiger partial charge in [0.2, 0.25) is 0 Å². The first-order valence-corrected chi connectivity index (χ1v) is 4.57. The van der Waals surface area contributed by atoms with Gasteiger partial charge in [-0.15, -0.1) is 6.58 Å². The number of ether oxygens (including phenoxy) is 2. The Morgan fingerprint density at radius 3 is 2.50 bits per heavy atom. The Morgan fingerprint density at radius 1 is 1.29 bits per heavy atom. The molecule has 0 N–H and O–H groups in total. The fourth-order valence-electron chi connectivity index (χ4n) is 1.46. The SMILES string of the molecule is C=CCc1ccccc1C(OC)OC. The van der Waals surface area contributed by atoms with Crippen molar-refractivity contribution in [3.63, 3.8) is 0 Å². The van der Waals surface area contributed by atoms with E-state index in [0.29, 0.717) is 0 Å². The summed E-state index contributed by atoms with van der Waals surface area (Å²) < 4.78 is 10.4. The Kier molecular flexibility index (Phi) is 4.36. The fraction of sp³-hybridized carbons (Fsp3) is 0.333. The molecule has 0 bridgehead atoms. The van der Waals surface area contributed by atoms with E-state index in [2.05, 4.69) is 12.6 Å². The third-order valence-electron chi connectivity index (χ3n) is 2.10. The molecule has 1 rings (SSSR count). The van der Waals surface area contributed by atoms with Crippen molar-refractivity contribution in [3.8, 4) is 0 Å². The first-order chi connectivity index (χ1) is 6.83. The fourth-order valence-corrected chi connectivity index (χ4v) is 1.46. The van der Waals surface area contributed by atoms with Crippen molar-refractivity contribution < 1.29 is 9.47 Å². The average Bonchev–Trinajstić information content (AvgIpc) is 2.23. The van der Waals surface area contributed by atoms with Crippen LogP contribution in [0.2, 0.25) is 0 Å². The molecule has 2 nitrogen and oxygen atoms in total. The van der Waals surface area contributed by atoms with Gasteiger partial charge in [0.15, 0.2) is 6.29 Å². The highest BCUT2D eigenvalue weighted by Gasteiger charge is 2.11. The molecule has 2 heteroatoms. The van der Waals surface area contributed by atoms with Crippen LogP contribution < -0.4 is 0 Å². The Hall–Kier alpha value is -1.12. The number of allylic oxidation sites excluding steroid dienone is 1. The van der Waals surface area contributed by atoms with Gasteiger partial charge >= 0.3 is 0 Å². The molecule has 0 atom stereocenters. The Labute approximate surface area is 85.2 Å². The molecule has 0 aromatic heterocycles. The summed E-state index contributed by atoms with van der Waals surface area (Å²) in [6.07, 6.45) is 2.42. The first-order valence-electron chi connectivity index (χ1n) is 4.57. The predicted molar refractivity (Wildman–Crippen MR) is 57.1 cm³/mol. The van der Waals surface area contributed by atoms with Crippen LogP contribution >= 0.6 is 0 Å². The van der Waals surface area contributed by atoms with Crippen LogP contribution in [0.25, 0.3) is 0 Å². The minimum absolute atomic E-state index is 0.286. The van der Waals surface area contributed by atoms with Gasteiger partial charge in [-0.1, -0.05) is 30.3 Å². The summed E-state index contributed by atoms with van der Waals surface area (Å²) in [5.74, 6) is 0. The molecule has 0 saturated carbocycles. The van der Waals surface area contributed by atoms with Gasteiger partial charge in [-0.2, -0.15) is 0 Å². The van der Waals surface area contributed by atoms with Crippen molar-refractivity contribution in [1.82, 2.24) is 0 Å². The van der Waals surface area contributed by atoms with E-state index in [9.17, 15) is 0 Å². The van der Waals surface area contributed by atoms with Gasteiger partial charge in [0, 0.05) is 19.8 Å². The van der Waals surface area contributed by atoms with Crippen LogP contribution in [-0.2, 0) is 15.9 Å². The lowest BCUT2D eigenvalue weighted by Crippen LogP contribution is -2.06. The zero-order chi connectivity index (χ0) is 10.4. The monoisotopic (exact) mass is 192 g/mol. The van der Waals surface area contributed by atoms with Gasteiger partial charge in [-0.05, 0) is 12.0 Å². The van der Waals surface area contributed by atoms with E-state index in [1.807, 2.05) is 24.3 Å². The molecular weight excluding hydrogens is 176 g/mol. The molecule has 0 heterocycles. The van der Waals surface area contributed by atoms with E-state index in [1.54, 1.807) is 14.2 Å². The lowest BCUT2D eigenvalue weighted by molar-refractivity contribution is -0.106. The van der Waals surface area contributed by atoms with Gasteiger partial charge in [0.1, 0.15) is 0 Å². The molecule has 0 aliphatic heterocycles. The van der Waals surface area contributed by atoms with Gasteiger partial charge in [-0.25, -0.2) is 0 Å². The molecule has 0 unspecified atom stereocenters. The standard InChI is InChI=1S/C12H16O2/c1-4-7-10-8-5-6-9-11(10)12(13-2)14-3/h4-6,8-9,12H,1,7H2,2-3H3. The van der Waals surface area contributed by atoms with Gasteiger partial charge in [0.05, 0.1) is 0 Å². The highest BCUT2D eigenvalue weighted by atomic mass is 16.7. The molecule has 0 fully saturated rings. The summed E-state index contributed by atoms with van der Waals surface area (Å²) in [5, 5.41) is 0. The lowest BCUT2D eigenvalue weighted by atomic mass is 10.0. The summed E-state index contributed by atoms with van der Waals surface area (Å²) in [4.78, 5) is 0. The third kappa shape index (κ3) is 2.44. The summed E-state index contributed by atoms with van der Waals surface area (Å²) in [7, 11) is 3.28. The zero-order valence-corrected chi connectivity index (χ0v) is 8.69. The smallest absolute Gasteiger partial charge is 0.183 e. The molecule has 76 valence electrons. The first kappa shape index (κ1) is 11.0. The molecule has 0 spiro atoms. The minimum Gasteiger partial charge on any atom is -0.352 e. The van der Waals surface area contributed by atoms with E-state index < -0.39 is 0 Å². The zero-order valence-electron chi connectivity index (χ0n) is 8.69. The van der Waals surface area contributed by atoms with Crippen molar-refractivity contribution in [3.05, 3.63) is 48.0 Å². The summed E-state index contributed by atoms with van der Waals surface area (Å²) in [6, 6.07) is 8.05. The van der Waals surface area contributed by atoms with E-state index >= 15 is 0 Å². The number of rotatable bonds is 5. The maximum absolute atomic E-state index is 5.22. The van der Waals surface area contributed by atoms with Crippen LogP contribution in [0.3, 0.4) is 0 Å². The van der Waals surface area contributed by atoms with Crippen LogP contribution in [0.5, 0.6) is 0 Å². The highest BCUT2D eigenvalue weighted by Crippen LogP contribution is 2.21. The molecule has 0 saturated heterocycles. The molecule has 1 aromatic carbocycles. The lowest BCUT2D eigenvalue weighted by Gasteiger charge is -2.16. The van der Waals surface area contributed by atoms with Crippen LogP contribution in [0.4, 0.5) is 0 Å². The minimum atomic E-state index is -0.286. The van der Waals surface area contributed by atoms with Crippen molar-refractivity contribution in [2.75, 3.05) is 14.2 Å². The number of methoxy groups -OCH3 is 2. The second-order valence-corrected chi connectivity index (χ2v) is 2.99. The van der Waals surface area contributed by atoms with E-state index in [0.717, 1.165) is 12.0 Å². The van der Waals surface area contributed by atoms with Gasteiger partial charge in [0.25, 0.3) is 0 Å². The van der Waals surface area contributed by atoms with Crippen molar-refractivity contribution in [1.29, 1.82) is 0 Å². The molecule has 1 aromatic rings. The third-order valence-corrected chi connectivity index (χ3v) is 2.10. The van der Waals surface area contributed by atoms with Crippen LogP contribution in [-0.4, -0.2) is 14.2 Å². The summed E-state index contributed by atoms with van der Waals surface area (Å²) in [5.41, 5.74) is 2.26. The molecule has 0 radical (unpaired) electrons. The van der Waals surface area contributed by atoms with Gasteiger partial charge < -0.3 is 9.47 Å². The van der Waals surface area contributed by atoms with Crippen molar-refractivity contribution in [2.24, 2.45) is 0 Å². The van der Waals surface area contributed by atoms with E-state index in [4.69, 9.17) is 9.47 Å². The molecule has 0 amide bonds. The average molecular weight is 192 g/mol. The second kappa shape index (κ2) is 5.58. The van der Waals surface area contributed by atoms with E-state index in [1.165, 1.54) is 5.56 Å². The Morgan fingerprint density at radius 2 is 1.93 bits per heavy atom. The summed E-state index contributed by atoms with van der Waals surface area (Å²) >= 11 is 0. The molecule has 0 aliphatic carbocycles. The largest absolute Gasteiger partial charge is 0.352 e. The number of benzene rings is 1. The van der Waals surface area contributed by atoms with Crippen molar-refractivity contribution >= 4 is 0 Å². The van der Waals surface area contributed by atoms with Crippen LogP contribution in [0, 0.1) is 0 Å². The van der Waals surface area contributed by atoms with Crippen LogP contribution in [0.15, 0.2) is 36.9 Å². The topological polar surface area (TPSA) is 18.5 Å². The molecule has 14 heavy (non-hydrogen) atoms.